The van der Waals surface area contributed by atoms with Gasteiger partial charge in [0.2, 0.25) is 0 Å². The summed E-state index contributed by atoms with van der Waals surface area (Å²) in [6.45, 7) is 6.06. The molecule has 0 saturated carbocycles. The Labute approximate surface area is 126 Å². The zero-order valence-corrected chi connectivity index (χ0v) is 13.1. The lowest BCUT2D eigenvalue weighted by Crippen LogP contribution is -2.34. The molecule has 2 unspecified atom stereocenters. The molecule has 112 valence electrons. The third kappa shape index (κ3) is 3.01. The summed E-state index contributed by atoms with van der Waals surface area (Å²) in [4.78, 5) is 10.3. The topological polar surface area (TPSA) is 44.0 Å². The number of hydrogen-bond acceptors (Lipinski definition) is 3. The number of H-pyrrole nitrogens is 1. The van der Waals surface area contributed by atoms with E-state index >= 15 is 0 Å². The Bertz CT molecular complexity index is 590. The molecule has 2 atom stereocenters. The van der Waals surface area contributed by atoms with Gasteiger partial charge < -0.3 is 10.3 Å². The summed E-state index contributed by atoms with van der Waals surface area (Å²) in [5.74, 6) is 0.993. The summed E-state index contributed by atoms with van der Waals surface area (Å²) in [6, 6.07) is 11.7. The smallest absolute Gasteiger partial charge is 0.103 e. The van der Waals surface area contributed by atoms with Crippen molar-refractivity contribution in [2.75, 3.05) is 13.6 Å². The van der Waals surface area contributed by atoms with E-state index < -0.39 is 0 Å². The van der Waals surface area contributed by atoms with Crippen LogP contribution >= 0.6 is 0 Å². The van der Waals surface area contributed by atoms with Crippen LogP contribution in [0.4, 0.5) is 0 Å². The van der Waals surface area contributed by atoms with Crippen molar-refractivity contribution in [1.82, 2.24) is 20.2 Å². The van der Waals surface area contributed by atoms with Crippen LogP contribution < -0.4 is 5.32 Å². The van der Waals surface area contributed by atoms with Gasteiger partial charge in [0.15, 0.2) is 0 Å². The lowest BCUT2D eigenvalue weighted by Gasteiger charge is -2.26. The molecule has 2 heterocycles. The zero-order chi connectivity index (χ0) is 14.8. The van der Waals surface area contributed by atoms with Crippen molar-refractivity contribution in [3.8, 4) is 0 Å². The predicted octanol–water partition coefficient (Wildman–Crippen LogP) is 2.56. The van der Waals surface area contributed by atoms with Crippen molar-refractivity contribution in [3.05, 3.63) is 53.1 Å². The molecule has 1 aromatic carbocycles. The average Bonchev–Trinajstić information content (AvgIpc) is 3.00. The van der Waals surface area contributed by atoms with Gasteiger partial charge in [0, 0.05) is 30.9 Å². The minimum absolute atomic E-state index is 0.451. The highest BCUT2D eigenvalue weighted by atomic mass is 15.2. The fourth-order valence-corrected chi connectivity index (χ4v) is 3.36. The first kappa shape index (κ1) is 14.3. The Hall–Kier alpha value is -1.65. The maximum absolute atomic E-state index is 4.56. The van der Waals surface area contributed by atoms with Crippen molar-refractivity contribution >= 4 is 0 Å². The average molecular weight is 284 g/mol. The molecule has 21 heavy (non-hydrogen) atoms. The maximum Gasteiger partial charge on any atom is 0.103 e. The van der Waals surface area contributed by atoms with Crippen molar-refractivity contribution in [2.24, 2.45) is 0 Å². The Balaban J connectivity index is 1.71. The number of aromatic nitrogens is 2. The number of aromatic amines is 1. The van der Waals surface area contributed by atoms with Gasteiger partial charge in [0.25, 0.3) is 0 Å². The van der Waals surface area contributed by atoms with Crippen molar-refractivity contribution in [3.63, 3.8) is 0 Å². The van der Waals surface area contributed by atoms with Crippen LogP contribution in [-0.2, 0) is 6.54 Å². The van der Waals surface area contributed by atoms with Crippen LogP contribution in [0.5, 0.6) is 0 Å². The largest absolute Gasteiger partial charge is 0.346 e. The molecule has 0 amide bonds. The van der Waals surface area contributed by atoms with Crippen LogP contribution in [0.1, 0.15) is 35.2 Å². The van der Waals surface area contributed by atoms with Gasteiger partial charge in [-0.3, -0.25) is 4.90 Å². The van der Waals surface area contributed by atoms with E-state index in [9.17, 15) is 0 Å². The molecule has 1 aromatic heterocycles. The Kier molecular flexibility index (Phi) is 4.08. The zero-order valence-electron chi connectivity index (χ0n) is 13.1. The number of nitrogens with one attached hydrogen (secondary N) is 2. The van der Waals surface area contributed by atoms with E-state index in [1.807, 2.05) is 6.92 Å². The normalized spacial score (nSPS) is 22.8. The third-order valence-electron chi connectivity index (χ3n) is 4.43. The summed E-state index contributed by atoms with van der Waals surface area (Å²) in [5, 5.41) is 3.71. The second-order valence-corrected chi connectivity index (χ2v) is 6.01. The minimum Gasteiger partial charge on any atom is -0.346 e. The van der Waals surface area contributed by atoms with Gasteiger partial charge in [-0.05, 0) is 32.9 Å². The Morgan fingerprint density at radius 2 is 2.05 bits per heavy atom. The molecule has 1 fully saturated rings. The molecule has 2 N–H and O–H groups in total. The number of hydrogen-bond donors (Lipinski definition) is 2. The Morgan fingerprint density at radius 3 is 2.71 bits per heavy atom. The number of aryl methyl sites for hydroxylation is 2. The number of rotatable bonds is 4. The number of nitrogens with zero attached hydrogens (tertiary/aromatic N) is 2. The van der Waals surface area contributed by atoms with Crippen molar-refractivity contribution < 1.29 is 0 Å². The van der Waals surface area contributed by atoms with Gasteiger partial charge in [-0.1, -0.05) is 30.3 Å². The van der Waals surface area contributed by atoms with Crippen LogP contribution in [0.3, 0.4) is 0 Å². The first-order valence-electron chi connectivity index (χ1n) is 7.66. The van der Waals surface area contributed by atoms with E-state index in [1.54, 1.807) is 0 Å². The van der Waals surface area contributed by atoms with E-state index in [0.717, 1.165) is 24.6 Å². The van der Waals surface area contributed by atoms with Crippen LogP contribution in [0, 0.1) is 13.8 Å². The van der Waals surface area contributed by atoms with Crippen LogP contribution in [0.2, 0.25) is 0 Å². The van der Waals surface area contributed by atoms with Crippen LogP contribution in [0.15, 0.2) is 30.3 Å². The van der Waals surface area contributed by atoms with Gasteiger partial charge in [0.05, 0.1) is 5.69 Å². The summed E-state index contributed by atoms with van der Waals surface area (Å²) in [6.07, 6.45) is 1.18. The van der Waals surface area contributed by atoms with E-state index in [2.05, 4.69) is 64.5 Å². The predicted molar refractivity (Wildman–Crippen MR) is 85.1 cm³/mol. The number of benzene rings is 1. The van der Waals surface area contributed by atoms with Gasteiger partial charge in [-0.2, -0.15) is 0 Å². The summed E-state index contributed by atoms with van der Waals surface area (Å²) in [7, 11) is 2.21. The molecule has 0 radical (unpaired) electrons. The van der Waals surface area contributed by atoms with Gasteiger partial charge in [-0.25, -0.2) is 4.98 Å². The maximum atomic E-state index is 4.56. The summed E-state index contributed by atoms with van der Waals surface area (Å²) >= 11 is 0. The number of likely N-dealkylation sites (tertiary alicyclic amines) is 1. The molecule has 2 aromatic rings. The first-order valence-corrected chi connectivity index (χ1v) is 7.66. The standard InChI is InChI=1S/C17H24N4/c1-12-16(20-13(2)19-12)11-18-15-9-10-21(3)17(15)14-7-5-4-6-8-14/h4-8,15,17-18H,9-11H2,1-3H3,(H,19,20). The van der Waals surface area contributed by atoms with E-state index in [-0.39, 0.29) is 0 Å². The van der Waals surface area contributed by atoms with Gasteiger partial charge >= 0.3 is 0 Å². The molecule has 1 aliphatic heterocycles. The SMILES string of the molecule is Cc1nc(CNC2CCN(C)C2c2ccccc2)c(C)[nH]1. The minimum atomic E-state index is 0.451. The van der Waals surface area contributed by atoms with Crippen molar-refractivity contribution in [2.45, 2.75) is 38.9 Å². The molecule has 1 aliphatic rings. The molecule has 1 saturated heterocycles. The molecule has 4 heteroatoms. The summed E-state index contributed by atoms with van der Waals surface area (Å²) in [5.41, 5.74) is 3.70. The lowest BCUT2D eigenvalue weighted by atomic mass is 10.00. The molecular formula is C17H24N4. The highest BCUT2D eigenvalue weighted by Crippen LogP contribution is 2.30. The summed E-state index contributed by atoms with van der Waals surface area (Å²) < 4.78 is 0. The third-order valence-corrected chi connectivity index (χ3v) is 4.43. The van der Waals surface area contributed by atoms with Crippen LogP contribution in [0.25, 0.3) is 0 Å². The molecule has 4 nitrogen and oxygen atoms in total. The van der Waals surface area contributed by atoms with Crippen molar-refractivity contribution in [1.29, 1.82) is 0 Å². The van der Waals surface area contributed by atoms with Crippen LogP contribution in [-0.4, -0.2) is 34.5 Å². The fourth-order valence-electron chi connectivity index (χ4n) is 3.36. The van der Waals surface area contributed by atoms with E-state index in [1.165, 1.54) is 17.7 Å². The molecule has 0 bridgehead atoms. The molecular weight excluding hydrogens is 260 g/mol. The van der Waals surface area contributed by atoms with Gasteiger partial charge in [-0.15, -0.1) is 0 Å². The molecule has 3 rings (SSSR count). The quantitative estimate of drug-likeness (QED) is 0.907. The molecule has 0 spiro atoms. The highest BCUT2D eigenvalue weighted by Gasteiger charge is 2.32. The van der Waals surface area contributed by atoms with E-state index in [0.29, 0.717) is 12.1 Å². The number of likely N-dealkylation sites (N-methyl/N-ethyl adjacent to an activating group) is 1. The lowest BCUT2D eigenvalue weighted by molar-refractivity contribution is 0.285. The molecule has 0 aliphatic carbocycles. The Morgan fingerprint density at radius 1 is 1.29 bits per heavy atom. The van der Waals surface area contributed by atoms with E-state index in [4.69, 9.17) is 0 Å². The monoisotopic (exact) mass is 284 g/mol. The number of imidazole rings is 1. The fraction of sp³-hybridized carbons (Fsp3) is 0.471. The second-order valence-electron chi connectivity index (χ2n) is 6.01. The van der Waals surface area contributed by atoms with Gasteiger partial charge in [0.1, 0.15) is 5.82 Å². The highest BCUT2D eigenvalue weighted by molar-refractivity contribution is 5.22. The first-order chi connectivity index (χ1) is 10.1. The second kappa shape index (κ2) is 6.00.